The zero-order valence-electron chi connectivity index (χ0n) is 11.3. The summed E-state index contributed by atoms with van der Waals surface area (Å²) in [5.74, 6) is 0.578. The average Bonchev–Trinajstić information content (AvgIpc) is 3.04. The highest BCUT2D eigenvalue weighted by Crippen LogP contribution is 2.27. The predicted molar refractivity (Wildman–Crippen MR) is 76.7 cm³/mol. The predicted octanol–water partition coefficient (Wildman–Crippen LogP) is 0.948. The summed E-state index contributed by atoms with van der Waals surface area (Å²) in [4.78, 5) is 18.7. The largest absolute Gasteiger partial charge is 0.382 e. The van der Waals surface area contributed by atoms with Crippen molar-refractivity contribution in [1.82, 2.24) is 10.3 Å². The van der Waals surface area contributed by atoms with Crippen molar-refractivity contribution in [2.24, 2.45) is 5.92 Å². The molecule has 7 heteroatoms. The smallest absolute Gasteiger partial charge is 0.265 e. The Labute approximate surface area is 116 Å². The molecule has 1 saturated heterocycles. The fraction of sp³-hybridized carbons (Fsp3) is 0.667. The number of nitrogens with zero attached hydrogens (tertiary/aromatic N) is 2. The lowest BCUT2D eigenvalue weighted by atomic mass is 10.1. The Morgan fingerprint density at radius 3 is 3.11 bits per heavy atom. The Balaban J connectivity index is 1.96. The number of nitrogen functional groups attached to an aromatic ring is 1. The van der Waals surface area contributed by atoms with Crippen molar-refractivity contribution in [1.29, 1.82) is 0 Å². The maximum Gasteiger partial charge on any atom is 0.265 e. The molecule has 1 amide bonds. The third-order valence-corrected chi connectivity index (χ3v) is 4.41. The van der Waals surface area contributed by atoms with Gasteiger partial charge >= 0.3 is 0 Å². The van der Waals surface area contributed by atoms with Gasteiger partial charge in [0.2, 0.25) is 0 Å². The highest BCUT2D eigenvalue weighted by atomic mass is 32.1. The fourth-order valence-electron chi connectivity index (χ4n) is 1.84. The van der Waals surface area contributed by atoms with Gasteiger partial charge in [-0.25, -0.2) is 4.98 Å². The number of amides is 1. The van der Waals surface area contributed by atoms with Crippen molar-refractivity contribution in [3.05, 3.63) is 4.88 Å². The second kappa shape index (κ2) is 6.21. The molecule has 1 aromatic rings. The van der Waals surface area contributed by atoms with Crippen LogP contribution in [0.25, 0.3) is 0 Å². The van der Waals surface area contributed by atoms with E-state index in [4.69, 9.17) is 10.5 Å². The number of ether oxygens (including phenoxy) is 1. The molecule has 106 valence electrons. The van der Waals surface area contributed by atoms with Gasteiger partial charge in [-0.1, -0.05) is 11.3 Å². The molecule has 0 aromatic carbocycles. The van der Waals surface area contributed by atoms with Gasteiger partial charge in [-0.05, 0) is 13.3 Å². The summed E-state index contributed by atoms with van der Waals surface area (Å²) < 4.78 is 5.28. The lowest BCUT2D eigenvalue weighted by Gasteiger charge is -2.11. The molecule has 1 fully saturated rings. The molecule has 1 aliphatic rings. The van der Waals surface area contributed by atoms with Crippen LogP contribution >= 0.6 is 11.3 Å². The summed E-state index contributed by atoms with van der Waals surface area (Å²) in [6.07, 6.45) is 1.00. The molecule has 2 rings (SSSR count). The van der Waals surface area contributed by atoms with Crippen LogP contribution in [0, 0.1) is 5.92 Å². The topological polar surface area (TPSA) is 80.5 Å². The molecule has 1 atom stereocenters. The van der Waals surface area contributed by atoms with Gasteiger partial charge in [0.05, 0.1) is 6.61 Å². The number of thiazole rings is 1. The molecular weight excluding hydrogens is 264 g/mol. The Kier molecular flexibility index (Phi) is 4.60. The highest BCUT2D eigenvalue weighted by Gasteiger charge is 2.20. The van der Waals surface area contributed by atoms with E-state index < -0.39 is 0 Å². The summed E-state index contributed by atoms with van der Waals surface area (Å²) in [6.45, 7) is 5.00. The normalized spacial score (nSPS) is 18.5. The summed E-state index contributed by atoms with van der Waals surface area (Å²) in [5, 5.41) is 3.68. The van der Waals surface area contributed by atoms with E-state index in [0.29, 0.717) is 23.2 Å². The van der Waals surface area contributed by atoms with Crippen molar-refractivity contribution in [2.75, 3.05) is 44.0 Å². The maximum absolute atomic E-state index is 12.1. The van der Waals surface area contributed by atoms with E-state index in [2.05, 4.69) is 10.3 Å². The van der Waals surface area contributed by atoms with E-state index in [9.17, 15) is 4.79 Å². The zero-order valence-corrected chi connectivity index (χ0v) is 12.1. The molecular formula is C12H20N4O2S. The van der Waals surface area contributed by atoms with E-state index in [-0.39, 0.29) is 5.91 Å². The zero-order chi connectivity index (χ0) is 13.8. The average molecular weight is 284 g/mol. The Hall–Kier alpha value is -1.34. The number of hydrogen-bond acceptors (Lipinski definition) is 6. The molecule has 0 radical (unpaired) electrons. The molecule has 3 N–H and O–H groups in total. The monoisotopic (exact) mass is 284 g/mol. The van der Waals surface area contributed by atoms with Gasteiger partial charge in [0.1, 0.15) is 10.7 Å². The standard InChI is InChI=1S/C12H20N4O2S/c1-3-16(2)12-15-10(13)9(19-12)11(17)14-6-8-4-5-18-7-8/h8H,3-7,13H2,1-2H3,(H,14,17). The molecule has 0 aliphatic carbocycles. The minimum Gasteiger partial charge on any atom is -0.382 e. The molecule has 2 heterocycles. The number of anilines is 2. The second-order valence-corrected chi connectivity index (χ2v) is 5.64. The second-order valence-electron chi connectivity index (χ2n) is 4.66. The first-order valence-corrected chi connectivity index (χ1v) is 7.26. The number of carbonyl (C=O) groups excluding carboxylic acids is 1. The first-order chi connectivity index (χ1) is 9.11. The van der Waals surface area contributed by atoms with Gasteiger partial charge in [-0.2, -0.15) is 0 Å². The molecule has 6 nitrogen and oxygen atoms in total. The lowest BCUT2D eigenvalue weighted by molar-refractivity contribution is 0.0949. The van der Waals surface area contributed by atoms with Gasteiger partial charge < -0.3 is 20.7 Å². The number of hydrogen-bond donors (Lipinski definition) is 2. The highest BCUT2D eigenvalue weighted by molar-refractivity contribution is 7.18. The molecule has 0 bridgehead atoms. The third-order valence-electron chi connectivity index (χ3n) is 3.22. The van der Waals surface area contributed by atoms with Crippen LogP contribution in [0.4, 0.5) is 10.9 Å². The van der Waals surface area contributed by atoms with Gasteiger partial charge in [-0.15, -0.1) is 0 Å². The molecule has 1 aliphatic heterocycles. The number of rotatable bonds is 5. The minimum atomic E-state index is -0.141. The number of aromatic nitrogens is 1. The van der Waals surface area contributed by atoms with E-state index in [1.54, 1.807) is 0 Å². The van der Waals surface area contributed by atoms with Gasteiger partial charge in [0.25, 0.3) is 5.91 Å². The minimum absolute atomic E-state index is 0.141. The summed E-state index contributed by atoms with van der Waals surface area (Å²) in [6, 6.07) is 0. The van der Waals surface area contributed by atoms with Crippen LogP contribution in [0.1, 0.15) is 23.0 Å². The molecule has 1 unspecified atom stereocenters. The SMILES string of the molecule is CCN(C)c1nc(N)c(C(=O)NCC2CCOC2)s1. The summed E-state index contributed by atoms with van der Waals surface area (Å²) in [7, 11) is 1.93. The number of carbonyl (C=O) groups is 1. The first kappa shape index (κ1) is 14.1. The van der Waals surface area contributed by atoms with E-state index in [1.807, 2.05) is 18.9 Å². The number of nitrogens with one attached hydrogen (secondary N) is 1. The van der Waals surface area contributed by atoms with E-state index in [1.165, 1.54) is 11.3 Å². The van der Waals surface area contributed by atoms with Crippen molar-refractivity contribution in [3.63, 3.8) is 0 Å². The number of nitrogens with two attached hydrogens (primary N) is 1. The first-order valence-electron chi connectivity index (χ1n) is 6.45. The third kappa shape index (κ3) is 3.36. The van der Waals surface area contributed by atoms with Crippen LogP contribution in [0.2, 0.25) is 0 Å². The van der Waals surface area contributed by atoms with Crippen LogP contribution in [-0.4, -0.2) is 44.2 Å². The summed E-state index contributed by atoms with van der Waals surface area (Å²) in [5.41, 5.74) is 5.81. The van der Waals surface area contributed by atoms with Gasteiger partial charge in [0.15, 0.2) is 5.13 Å². The Morgan fingerprint density at radius 1 is 1.68 bits per heavy atom. The van der Waals surface area contributed by atoms with E-state index in [0.717, 1.165) is 31.3 Å². The summed E-state index contributed by atoms with van der Waals surface area (Å²) >= 11 is 1.33. The fourth-order valence-corrected chi connectivity index (χ4v) is 2.77. The molecule has 0 saturated carbocycles. The van der Waals surface area contributed by atoms with Gasteiger partial charge in [-0.3, -0.25) is 4.79 Å². The maximum atomic E-state index is 12.1. The van der Waals surface area contributed by atoms with Crippen LogP contribution in [0.15, 0.2) is 0 Å². The Bertz CT molecular complexity index is 443. The Morgan fingerprint density at radius 2 is 2.47 bits per heavy atom. The quantitative estimate of drug-likeness (QED) is 0.841. The lowest BCUT2D eigenvalue weighted by Crippen LogP contribution is -2.29. The van der Waals surface area contributed by atoms with Gasteiger partial charge in [0, 0.05) is 32.7 Å². The molecule has 19 heavy (non-hydrogen) atoms. The van der Waals surface area contributed by atoms with Crippen molar-refractivity contribution >= 4 is 28.2 Å². The van der Waals surface area contributed by atoms with Crippen LogP contribution < -0.4 is 16.0 Å². The van der Waals surface area contributed by atoms with Crippen molar-refractivity contribution in [3.8, 4) is 0 Å². The van der Waals surface area contributed by atoms with Crippen LogP contribution in [0.3, 0.4) is 0 Å². The van der Waals surface area contributed by atoms with E-state index >= 15 is 0 Å². The van der Waals surface area contributed by atoms with Crippen molar-refractivity contribution < 1.29 is 9.53 Å². The van der Waals surface area contributed by atoms with Crippen LogP contribution in [0.5, 0.6) is 0 Å². The molecule has 0 spiro atoms. The molecule has 1 aromatic heterocycles. The van der Waals surface area contributed by atoms with Crippen LogP contribution in [-0.2, 0) is 4.74 Å². The van der Waals surface area contributed by atoms with Crippen molar-refractivity contribution in [2.45, 2.75) is 13.3 Å².